The van der Waals surface area contributed by atoms with E-state index in [1.54, 1.807) is 6.92 Å². The van der Waals surface area contributed by atoms with Crippen molar-refractivity contribution in [1.29, 1.82) is 0 Å². The van der Waals surface area contributed by atoms with Crippen molar-refractivity contribution < 1.29 is 9.90 Å². The smallest absolute Gasteiger partial charge is 0.306 e. The molecule has 1 fully saturated rings. The molecule has 1 aliphatic rings. The van der Waals surface area contributed by atoms with Crippen LogP contribution in [-0.4, -0.2) is 15.6 Å². The van der Waals surface area contributed by atoms with E-state index in [1.807, 2.05) is 0 Å². The Hall–Kier alpha value is -1.77. The van der Waals surface area contributed by atoms with Crippen molar-refractivity contribution >= 4 is 16.9 Å². The van der Waals surface area contributed by atoms with E-state index in [-0.39, 0.29) is 5.92 Å². The van der Waals surface area contributed by atoms with Crippen LogP contribution in [-0.2, 0) is 17.8 Å². The van der Waals surface area contributed by atoms with Gasteiger partial charge in [-0.05, 0) is 54.3 Å². The highest BCUT2D eigenvalue weighted by atomic mass is 16.4. The van der Waals surface area contributed by atoms with E-state index < -0.39 is 5.97 Å². The monoisotopic (exact) mass is 257 g/mol. The van der Waals surface area contributed by atoms with Gasteiger partial charge in [0.1, 0.15) is 0 Å². The Morgan fingerprint density at radius 1 is 1.42 bits per heavy atom. The maximum Gasteiger partial charge on any atom is 0.306 e. The first-order chi connectivity index (χ1) is 9.13. The molecular weight excluding hydrogens is 238 g/mol. The van der Waals surface area contributed by atoms with Gasteiger partial charge in [-0.15, -0.1) is 0 Å². The van der Waals surface area contributed by atoms with E-state index in [9.17, 15) is 4.79 Å². The molecule has 1 aromatic heterocycles. The summed E-state index contributed by atoms with van der Waals surface area (Å²) in [5.74, 6) is -0.195. The second kappa shape index (κ2) is 4.72. The summed E-state index contributed by atoms with van der Waals surface area (Å²) < 4.78 is 2.32. The summed E-state index contributed by atoms with van der Waals surface area (Å²) >= 11 is 0. The first-order valence-electron chi connectivity index (χ1n) is 6.94. The molecule has 0 bridgehead atoms. The van der Waals surface area contributed by atoms with Gasteiger partial charge in [-0.1, -0.05) is 13.0 Å². The van der Waals surface area contributed by atoms with Crippen LogP contribution in [0.25, 0.3) is 10.9 Å². The predicted octanol–water partition coefficient (Wildman–Crippen LogP) is 3.31. The van der Waals surface area contributed by atoms with Crippen molar-refractivity contribution in [2.24, 2.45) is 11.8 Å². The summed E-state index contributed by atoms with van der Waals surface area (Å²) in [6.45, 7) is 2.87. The maximum absolute atomic E-state index is 10.9. The lowest BCUT2D eigenvalue weighted by atomic mass is 10.0. The lowest BCUT2D eigenvalue weighted by Crippen LogP contribution is -2.12. The normalized spacial score (nSPS) is 16.7. The third-order valence-corrected chi connectivity index (χ3v) is 3.95. The van der Waals surface area contributed by atoms with Gasteiger partial charge in [0.25, 0.3) is 0 Å². The van der Waals surface area contributed by atoms with Crippen LogP contribution in [0.3, 0.4) is 0 Å². The van der Waals surface area contributed by atoms with Crippen molar-refractivity contribution in [3.8, 4) is 0 Å². The first-order valence-corrected chi connectivity index (χ1v) is 6.94. The summed E-state index contributed by atoms with van der Waals surface area (Å²) in [5.41, 5.74) is 2.37. The molecule has 3 rings (SSSR count). The van der Waals surface area contributed by atoms with Crippen molar-refractivity contribution in [2.75, 3.05) is 0 Å². The summed E-state index contributed by atoms with van der Waals surface area (Å²) in [4.78, 5) is 10.9. The largest absolute Gasteiger partial charge is 0.481 e. The van der Waals surface area contributed by atoms with Gasteiger partial charge in [-0.25, -0.2) is 0 Å². The highest BCUT2D eigenvalue weighted by Gasteiger charge is 2.22. The van der Waals surface area contributed by atoms with E-state index >= 15 is 0 Å². The molecule has 1 unspecified atom stereocenters. The van der Waals surface area contributed by atoms with Crippen LogP contribution in [0, 0.1) is 11.8 Å². The molecule has 1 aromatic carbocycles. The fraction of sp³-hybridized carbons (Fsp3) is 0.438. The number of carbonyl (C=O) groups is 1. The number of aromatic nitrogens is 1. The van der Waals surface area contributed by atoms with Gasteiger partial charge in [0.15, 0.2) is 0 Å². The molecule has 100 valence electrons. The highest BCUT2D eigenvalue weighted by molar-refractivity contribution is 5.81. The number of hydrogen-bond donors (Lipinski definition) is 1. The third-order valence-electron chi connectivity index (χ3n) is 3.95. The van der Waals surface area contributed by atoms with Crippen LogP contribution in [0.5, 0.6) is 0 Å². The average molecular weight is 257 g/mol. The number of carboxylic acids is 1. The van der Waals surface area contributed by atoms with Crippen molar-refractivity contribution in [2.45, 2.75) is 32.7 Å². The number of fused-ring (bicyclic) bond motifs is 1. The molecule has 0 aliphatic heterocycles. The van der Waals surface area contributed by atoms with Gasteiger partial charge in [-0.2, -0.15) is 0 Å². The van der Waals surface area contributed by atoms with Crippen molar-refractivity contribution in [3.05, 3.63) is 36.0 Å². The number of rotatable bonds is 5. The Labute approximate surface area is 112 Å². The van der Waals surface area contributed by atoms with Crippen molar-refractivity contribution in [1.82, 2.24) is 4.57 Å². The molecular formula is C16H19NO2. The van der Waals surface area contributed by atoms with E-state index in [2.05, 4.69) is 35.0 Å². The zero-order chi connectivity index (χ0) is 13.4. The number of nitrogens with zero attached hydrogens (tertiary/aromatic N) is 1. The SMILES string of the molecule is CC(Cc1ccc2c(ccn2CC2CC2)c1)C(=O)O. The lowest BCUT2D eigenvalue weighted by Gasteiger charge is -2.08. The van der Waals surface area contributed by atoms with Gasteiger partial charge in [0.05, 0.1) is 5.92 Å². The molecule has 0 saturated heterocycles. The second-order valence-corrected chi connectivity index (χ2v) is 5.75. The van der Waals surface area contributed by atoms with Gasteiger partial charge < -0.3 is 9.67 Å². The fourth-order valence-corrected chi connectivity index (χ4v) is 2.56. The number of hydrogen-bond acceptors (Lipinski definition) is 1. The molecule has 19 heavy (non-hydrogen) atoms. The van der Waals surface area contributed by atoms with Crippen molar-refractivity contribution in [3.63, 3.8) is 0 Å². The van der Waals surface area contributed by atoms with E-state index in [1.165, 1.54) is 23.7 Å². The Bertz CT molecular complexity index is 610. The molecule has 1 N–H and O–H groups in total. The van der Waals surface area contributed by atoms with Gasteiger partial charge >= 0.3 is 5.97 Å². The molecule has 3 nitrogen and oxygen atoms in total. The van der Waals surface area contributed by atoms with Gasteiger partial charge in [-0.3, -0.25) is 4.79 Å². The first kappa shape index (κ1) is 12.3. The van der Waals surface area contributed by atoms with Crippen LogP contribution in [0.2, 0.25) is 0 Å². The Morgan fingerprint density at radius 2 is 2.21 bits per heavy atom. The molecule has 0 amide bonds. The van der Waals surface area contributed by atoms with Gasteiger partial charge in [0.2, 0.25) is 0 Å². The summed E-state index contributed by atoms with van der Waals surface area (Å²) in [6, 6.07) is 8.44. The molecule has 1 heterocycles. The zero-order valence-electron chi connectivity index (χ0n) is 11.2. The standard InChI is InChI=1S/C16H19NO2/c1-11(16(18)19)8-13-4-5-15-14(9-13)6-7-17(15)10-12-2-3-12/h4-7,9,11-12H,2-3,8,10H2,1H3,(H,18,19). The van der Waals surface area contributed by atoms with Crippen LogP contribution in [0.4, 0.5) is 0 Å². The van der Waals surface area contributed by atoms with E-state index in [0.29, 0.717) is 6.42 Å². The zero-order valence-corrected chi connectivity index (χ0v) is 11.2. The molecule has 0 radical (unpaired) electrons. The van der Waals surface area contributed by atoms with E-state index in [4.69, 9.17) is 5.11 Å². The second-order valence-electron chi connectivity index (χ2n) is 5.75. The minimum Gasteiger partial charge on any atom is -0.481 e. The third kappa shape index (κ3) is 2.65. The summed E-state index contributed by atoms with van der Waals surface area (Å²) in [5, 5.41) is 10.2. The Kier molecular flexibility index (Phi) is 3.05. The number of aliphatic carboxylic acids is 1. The maximum atomic E-state index is 10.9. The van der Waals surface area contributed by atoms with E-state index in [0.717, 1.165) is 18.0 Å². The lowest BCUT2D eigenvalue weighted by molar-refractivity contribution is -0.141. The number of benzene rings is 1. The number of carboxylic acid groups (broad SMARTS) is 1. The molecule has 0 spiro atoms. The van der Waals surface area contributed by atoms with Crippen LogP contribution < -0.4 is 0 Å². The molecule has 2 aromatic rings. The average Bonchev–Trinajstić information content (AvgIpc) is 3.10. The van der Waals surface area contributed by atoms with Gasteiger partial charge in [0, 0.05) is 18.3 Å². The summed E-state index contributed by atoms with van der Waals surface area (Å²) in [6.07, 6.45) is 5.45. The summed E-state index contributed by atoms with van der Waals surface area (Å²) in [7, 11) is 0. The van der Waals surface area contributed by atoms with Crippen LogP contribution >= 0.6 is 0 Å². The van der Waals surface area contributed by atoms with Crippen LogP contribution in [0.1, 0.15) is 25.3 Å². The van der Waals surface area contributed by atoms with Crippen LogP contribution in [0.15, 0.2) is 30.5 Å². The Balaban J connectivity index is 1.83. The minimum absolute atomic E-state index is 0.328. The topological polar surface area (TPSA) is 42.2 Å². The molecule has 1 saturated carbocycles. The molecule has 3 heteroatoms. The predicted molar refractivity (Wildman–Crippen MR) is 75.2 cm³/mol. The molecule has 1 atom stereocenters. The Morgan fingerprint density at radius 3 is 2.89 bits per heavy atom. The fourth-order valence-electron chi connectivity index (χ4n) is 2.56. The highest BCUT2D eigenvalue weighted by Crippen LogP contribution is 2.32. The molecule has 1 aliphatic carbocycles. The quantitative estimate of drug-likeness (QED) is 0.892. The minimum atomic E-state index is -0.730.